The predicted octanol–water partition coefficient (Wildman–Crippen LogP) is 1.90. The van der Waals surface area contributed by atoms with Gasteiger partial charge in [0.25, 0.3) is 0 Å². The molecule has 0 spiro atoms. The third kappa shape index (κ3) is 0.946. The van der Waals surface area contributed by atoms with Crippen molar-refractivity contribution in [2.75, 3.05) is 11.4 Å². The van der Waals surface area contributed by atoms with Crippen LogP contribution in [-0.2, 0) is 0 Å². The lowest BCUT2D eigenvalue weighted by Gasteiger charge is -2.09. The molecule has 0 saturated heterocycles. The van der Waals surface area contributed by atoms with Gasteiger partial charge in [-0.15, -0.1) is 0 Å². The standard InChI is InChI=1S/C9H9NO/c1-2-10-7-11-9-6-4-3-5-8(9)10/h3-6H,2H2,1H3. The third-order valence-corrected chi connectivity index (χ3v) is 1.74. The molecule has 2 nitrogen and oxygen atoms in total. The molecule has 1 aliphatic heterocycles. The zero-order valence-corrected chi connectivity index (χ0v) is 6.37. The van der Waals surface area contributed by atoms with Crippen molar-refractivity contribution in [3.8, 4) is 5.75 Å². The second-order valence-electron chi connectivity index (χ2n) is 2.41. The van der Waals surface area contributed by atoms with E-state index in [1.165, 1.54) is 0 Å². The third-order valence-electron chi connectivity index (χ3n) is 1.74. The van der Waals surface area contributed by atoms with Gasteiger partial charge in [0, 0.05) is 6.54 Å². The minimum atomic E-state index is 0.898. The minimum Gasteiger partial charge on any atom is -0.453 e. The summed E-state index contributed by atoms with van der Waals surface area (Å²) in [5.41, 5.74) is 1.11. The van der Waals surface area contributed by atoms with Gasteiger partial charge in [0.05, 0.1) is 5.69 Å². The molecule has 0 amide bonds. The maximum absolute atomic E-state index is 5.18. The average Bonchev–Trinajstić information content (AvgIpc) is 2.47. The van der Waals surface area contributed by atoms with Crippen molar-refractivity contribution < 1.29 is 4.74 Å². The molecule has 0 N–H and O–H groups in total. The van der Waals surface area contributed by atoms with Crippen molar-refractivity contribution in [2.24, 2.45) is 0 Å². The normalized spacial score (nSPS) is 14.5. The van der Waals surface area contributed by atoms with E-state index >= 15 is 0 Å². The zero-order valence-electron chi connectivity index (χ0n) is 6.37. The van der Waals surface area contributed by atoms with E-state index in [2.05, 4.69) is 13.7 Å². The van der Waals surface area contributed by atoms with Crippen molar-refractivity contribution in [1.29, 1.82) is 0 Å². The van der Waals surface area contributed by atoms with Crippen LogP contribution in [0.2, 0.25) is 0 Å². The first-order chi connectivity index (χ1) is 5.42. The molecule has 0 bridgehead atoms. The Bertz CT molecular complexity index is 259. The summed E-state index contributed by atoms with van der Waals surface area (Å²) in [6.45, 7) is 5.77. The van der Waals surface area contributed by atoms with Crippen molar-refractivity contribution >= 4 is 5.69 Å². The number of rotatable bonds is 1. The predicted molar refractivity (Wildman–Crippen MR) is 43.3 cm³/mol. The monoisotopic (exact) mass is 147 g/mol. The number of anilines is 1. The Balaban J connectivity index is 2.39. The van der Waals surface area contributed by atoms with Crippen LogP contribution in [-0.4, -0.2) is 6.54 Å². The van der Waals surface area contributed by atoms with Crippen molar-refractivity contribution in [2.45, 2.75) is 6.92 Å². The molecule has 0 aliphatic carbocycles. The van der Waals surface area contributed by atoms with Crippen LogP contribution in [0.1, 0.15) is 6.92 Å². The number of fused-ring (bicyclic) bond motifs is 1. The summed E-state index contributed by atoms with van der Waals surface area (Å²) >= 11 is 0. The molecule has 2 radical (unpaired) electrons. The highest BCUT2D eigenvalue weighted by atomic mass is 16.5. The van der Waals surface area contributed by atoms with E-state index in [0.29, 0.717) is 0 Å². The number of nitrogens with zero attached hydrogens (tertiary/aromatic N) is 1. The number of benzene rings is 1. The fraction of sp³-hybridized carbons (Fsp3) is 0.222. The Morgan fingerprint density at radius 3 is 3.09 bits per heavy atom. The molecular formula is C9H9NO. The van der Waals surface area contributed by atoms with Crippen LogP contribution >= 0.6 is 0 Å². The second kappa shape index (κ2) is 2.46. The molecule has 0 saturated carbocycles. The topological polar surface area (TPSA) is 12.5 Å². The van der Waals surface area contributed by atoms with Crippen LogP contribution in [0, 0.1) is 6.73 Å². The van der Waals surface area contributed by atoms with Crippen LogP contribution in [0.4, 0.5) is 5.69 Å². The smallest absolute Gasteiger partial charge is 0.315 e. The van der Waals surface area contributed by atoms with Crippen LogP contribution < -0.4 is 9.64 Å². The zero-order chi connectivity index (χ0) is 7.68. The first-order valence-electron chi connectivity index (χ1n) is 3.71. The molecule has 11 heavy (non-hydrogen) atoms. The SMILES string of the molecule is CCN1[C]Oc2ccccc21. The molecule has 0 fully saturated rings. The Kier molecular flexibility index (Phi) is 1.46. The van der Waals surface area contributed by atoms with E-state index in [-0.39, 0.29) is 0 Å². The minimum absolute atomic E-state index is 0.898. The molecule has 0 unspecified atom stereocenters. The Hall–Kier alpha value is -1.18. The first-order valence-corrected chi connectivity index (χ1v) is 3.71. The van der Waals surface area contributed by atoms with Crippen molar-refractivity contribution in [1.82, 2.24) is 0 Å². The number of para-hydroxylation sites is 2. The summed E-state index contributed by atoms with van der Waals surface area (Å²) in [5, 5.41) is 0. The summed E-state index contributed by atoms with van der Waals surface area (Å²) in [4.78, 5) is 1.95. The lowest BCUT2D eigenvalue weighted by atomic mass is 10.3. The van der Waals surface area contributed by atoms with Crippen molar-refractivity contribution in [3.63, 3.8) is 0 Å². The van der Waals surface area contributed by atoms with Gasteiger partial charge < -0.3 is 9.64 Å². The average molecular weight is 147 g/mol. The molecule has 2 rings (SSSR count). The molecular weight excluding hydrogens is 138 g/mol. The molecule has 0 aromatic heterocycles. The largest absolute Gasteiger partial charge is 0.453 e. The molecule has 56 valence electrons. The lowest BCUT2D eigenvalue weighted by molar-refractivity contribution is 0.428. The molecule has 1 heterocycles. The van der Waals surface area contributed by atoms with Crippen LogP contribution in [0.3, 0.4) is 0 Å². The first kappa shape index (κ1) is 6.53. The molecule has 1 aliphatic rings. The van der Waals surface area contributed by atoms with E-state index in [4.69, 9.17) is 4.74 Å². The Morgan fingerprint density at radius 2 is 2.27 bits per heavy atom. The van der Waals surface area contributed by atoms with Gasteiger partial charge in [-0.25, -0.2) is 0 Å². The lowest BCUT2D eigenvalue weighted by Crippen LogP contribution is -2.15. The molecule has 2 heteroatoms. The van der Waals surface area contributed by atoms with Gasteiger partial charge in [-0.2, -0.15) is 0 Å². The highest BCUT2D eigenvalue weighted by molar-refractivity contribution is 5.62. The van der Waals surface area contributed by atoms with Crippen molar-refractivity contribution in [3.05, 3.63) is 31.0 Å². The number of hydrogen-bond donors (Lipinski definition) is 0. The summed E-state index contributed by atoms with van der Waals surface area (Å²) in [7, 11) is 0. The van der Waals surface area contributed by atoms with Crippen LogP contribution in [0.15, 0.2) is 24.3 Å². The van der Waals surface area contributed by atoms with Gasteiger partial charge in [0.2, 0.25) is 0 Å². The van der Waals surface area contributed by atoms with E-state index < -0.39 is 0 Å². The van der Waals surface area contributed by atoms with E-state index in [1.54, 1.807) is 0 Å². The molecule has 1 aromatic rings. The Morgan fingerprint density at radius 1 is 1.45 bits per heavy atom. The quantitative estimate of drug-likeness (QED) is 0.601. The van der Waals surface area contributed by atoms with Gasteiger partial charge in [-0.1, -0.05) is 12.1 Å². The fourth-order valence-electron chi connectivity index (χ4n) is 1.15. The second-order valence-corrected chi connectivity index (χ2v) is 2.41. The number of hydrogen-bond acceptors (Lipinski definition) is 2. The maximum Gasteiger partial charge on any atom is 0.315 e. The summed E-state index contributed by atoms with van der Waals surface area (Å²) < 4.78 is 5.18. The number of ether oxygens (including phenoxy) is 1. The van der Waals surface area contributed by atoms with Gasteiger partial charge in [0.1, 0.15) is 5.75 Å². The highest BCUT2D eigenvalue weighted by Crippen LogP contribution is 2.34. The van der Waals surface area contributed by atoms with Gasteiger partial charge in [0.15, 0.2) is 0 Å². The van der Waals surface area contributed by atoms with Crippen LogP contribution in [0.5, 0.6) is 5.75 Å². The maximum atomic E-state index is 5.18. The fourth-order valence-corrected chi connectivity index (χ4v) is 1.15. The Labute approximate surface area is 66.4 Å². The van der Waals surface area contributed by atoms with Gasteiger partial charge in [-0.05, 0) is 19.1 Å². The van der Waals surface area contributed by atoms with Crippen LogP contribution in [0.25, 0.3) is 0 Å². The summed E-state index contributed by atoms with van der Waals surface area (Å²) in [6, 6.07) is 7.92. The highest BCUT2D eigenvalue weighted by Gasteiger charge is 2.19. The molecule has 1 aromatic carbocycles. The summed E-state index contributed by atoms with van der Waals surface area (Å²) in [5.74, 6) is 0.898. The summed E-state index contributed by atoms with van der Waals surface area (Å²) in [6.07, 6.45) is 0. The van der Waals surface area contributed by atoms with E-state index in [9.17, 15) is 0 Å². The molecule has 0 atom stereocenters. The van der Waals surface area contributed by atoms with Gasteiger partial charge >= 0.3 is 6.73 Å². The van der Waals surface area contributed by atoms with E-state index in [0.717, 1.165) is 18.0 Å². The van der Waals surface area contributed by atoms with Gasteiger partial charge in [-0.3, -0.25) is 0 Å². The van der Waals surface area contributed by atoms with E-state index in [1.807, 2.05) is 29.2 Å².